The molecule has 2 aliphatic rings. The van der Waals surface area contributed by atoms with Crippen LogP contribution < -0.4 is 0 Å². The van der Waals surface area contributed by atoms with Crippen LogP contribution in [0.1, 0.15) is 31.2 Å². The van der Waals surface area contributed by atoms with E-state index in [1.165, 1.54) is 37.8 Å². The Kier molecular flexibility index (Phi) is 4.16. The lowest BCUT2D eigenvalue weighted by molar-refractivity contribution is -0.119. The molecule has 0 aliphatic heterocycles. The van der Waals surface area contributed by atoms with Crippen LogP contribution >= 0.6 is 0 Å². The first-order valence-corrected chi connectivity index (χ1v) is 7.67. The van der Waals surface area contributed by atoms with Crippen LogP contribution in [-0.4, -0.2) is 30.3 Å². The fourth-order valence-corrected chi connectivity index (χ4v) is 2.67. The highest BCUT2D eigenvalue weighted by atomic mass is 19.1. The van der Waals surface area contributed by atoms with E-state index in [0.717, 1.165) is 30.5 Å². The summed E-state index contributed by atoms with van der Waals surface area (Å²) in [6, 6.07) is 6.27. The first kappa shape index (κ1) is 13.7. The maximum atomic E-state index is 12.8. The Morgan fingerprint density at radius 1 is 1.05 bits per heavy atom. The van der Waals surface area contributed by atoms with Crippen molar-refractivity contribution in [1.82, 2.24) is 4.90 Å². The van der Waals surface area contributed by atoms with Crippen molar-refractivity contribution in [2.24, 2.45) is 11.8 Å². The molecular formula is C17H22FNO. The molecule has 3 heteroatoms. The molecule has 0 N–H and O–H groups in total. The van der Waals surface area contributed by atoms with Gasteiger partial charge in [-0.15, -0.1) is 0 Å². The van der Waals surface area contributed by atoms with Gasteiger partial charge in [0.15, 0.2) is 5.78 Å². The molecule has 0 aromatic heterocycles. The van der Waals surface area contributed by atoms with Gasteiger partial charge in [-0.1, -0.05) is 12.1 Å². The van der Waals surface area contributed by atoms with Crippen molar-refractivity contribution in [3.63, 3.8) is 0 Å². The van der Waals surface area contributed by atoms with Gasteiger partial charge in [-0.05, 0) is 55.2 Å². The van der Waals surface area contributed by atoms with E-state index in [-0.39, 0.29) is 11.6 Å². The number of rotatable bonds is 8. The summed E-state index contributed by atoms with van der Waals surface area (Å²) in [6.07, 6.45) is 5.73. The Balaban J connectivity index is 1.50. The molecule has 0 bridgehead atoms. The highest BCUT2D eigenvalue weighted by Crippen LogP contribution is 2.33. The second-order valence-corrected chi connectivity index (χ2v) is 6.42. The van der Waals surface area contributed by atoms with Gasteiger partial charge in [0, 0.05) is 19.5 Å². The second-order valence-electron chi connectivity index (χ2n) is 6.42. The normalized spacial score (nSPS) is 18.5. The van der Waals surface area contributed by atoms with Crippen molar-refractivity contribution in [2.45, 2.75) is 32.1 Å². The van der Waals surface area contributed by atoms with Crippen LogP contribution in [0.5, 0.6) is 0 Å². The van der Waals surface area contributed by atoms with Gasteiger partial charge in [0.1, 0.15) is 5.82 Å². The zero-order valence-electron chi connectivity index (χ0n) is 11.9. The molecular weight excluding hydrogens is 253 g/mol. The minimum absolute atomic E-state index is 0.245. The van der Waals surface area contributed by atoms with E-state index in [9.17, 15) is 9.18 Å². The van der Waals surface area contributed by atoms with Crippen molar-refractivity contribution in [3.8, 4) is 0 Å². The quantitative estimate of drug-likeness (QED) is 0.727. The number of nitrogens with zero attached hydrogens (tertiary/aromatic N) is 1. The number of Topliss-reactive ketones (excluding diaryl/α,β-unsaturated/α-hetero) is 1. The Bertz CT molecular complexity index is 448. The topological polar surface area (TPSA) is 20.3 Å². The van der Waals surface area contributed by atoms with Gasteiger partial charge >= 0.3 is 0 Å². The third kappa shape index (κ3) is 4.41. The number of carbonyl (C=O) groups is 1. The van der Waals surface area contributed by atoms with Crippen molar-refractivity contribution in [1.29, 1.82) is 0 Å². The van der Waals surface area contributed by atoms with Gasteiger partial charge < -0.3 is 0 Å². The smallest absolute Gasteiger partial charge is 0.151 e. The van der Waals surface area contributed by atoms with Crippen LogP contribution in [0.15, 0.2) is 24.3 Å². The predicted molar refractivity (Wildman–Crippen MR) is 77.0 cm³/mol. The van der Waals surface area contributed by atoms with Crippen LogP contribution in [0, 0.1) is 17.7 Å². The summed E-state index contributed by atoms with van der Waals surface area (Å²) in [5.74, 6) is 1.66. The van der Waals surface area contributed by atoms with Crippen LogP contribution in [0.2, 0.25) is 0 Å². The van der Waals surface area contributed by atoms with Gasteiger partial charge in [0.25, 0.3) is 0 Å². The van der Waals surface area contributed by atoms with Crippen molar-refractivity contribution in [2.75, 3.05) is 19.6 Å². The summed E-state index contributed by atoms with van der Waals surface area (Å²) in [7, 11) is 0. The maximum Gasteiger partial charge on any atom is 0.151 e. The maximum absolute atomic E-state index is 12.8. The SMILES string of the molecule is O=C(Cc1ccc(F)cc1)CN(CC1CC1)CC1CC1. The molecule has 2 fully saturated rings. The number of carbonyl (C=O) groups excluding carboxylic acids is 1. The van der Waals surface area contributed by atoms with Crippen molar-refractivity contribution < 1.29 is 9.18 Å². The van der Waals surface area contributed by atoms with E-state index >= 15 is 0 Å². The molecule has 1 aromatic carbocycles. The zero-order chi connectivity index (χ0) is 13.9. The van der Waals surface area contributed by atoms with Crippen LogP contribution in [0.4, 0.5) is 4.39 Å². The molecule has 20 heavy (non-hydrogen) atoms. The molecule has 0 heterocycles. The number of halogens is 1. The third-order valence-electron chi connectivity index (χ3n) is 4.14. The molecule has 0 amide bonds. The monoisotopic (exact) mass is 275 g/mol. The van der Waals surface area contributed by atoms with Crippen molar-refractivity contribution in [3.05, 3.63) is 35.6 Å². The van der Waals surface area contributed by atoms with Crippen LogP contribution in [-0.2, 0) is 11.2 Å². The fourth-order valence-electron chi connectivity index (χ4n) is 2.67. The zero-order valence-corrected chi connectivity index (χ0v) is 11.9. The molecule has 0 saturated heterocycles. The molecule has 0 unspecified atom stereocenters. The van der Waals surface area contributed by atoms with Crippen molar-refractivity contribution >= 4 is 5.78 Å². The average Bonchev–Trinajstić information content (AvgIpc) is 3.28. The standard InChI is InChI=1S/C17H22FNO/c18-16-7-5-13(6-8-16)9-17(20)12-19(10-14-1-2-14)11-15-3-4-15/h5-8,14-15H,1-4,9-12H2. The lowest BCUT2D eigenvalue weighted by atomic mass is 10.1. The van der Waals surface area contributed by atoms with E-state index in [4.69, 9.17) is 0 Å². The Labute approximate surface area is 120 Å². The summed E-state index contributed by atoms with van der Waals surface area (Å²) in [4.78, 5) is 14.5. The first-order chi connectivity index (χ1) is 9.69. The van der Waals surface area contributed by atoms with E-state index in [1.807, 2.05) is 0 Å². The largest absolute Gasteiger partial charge is 0.298 e. The van der Waals surface area contributed by atoms with Crippen LogP contribution in [0.25, 0.3) is 0 Å². The number of benzene rings is 1. The fraction of sp³-hybridized carbons (Fsp3) is 0.588. The summed E-state index contributed by atoms with van der Waals surface area (Å²) in [5, 5.41) is 0. The summed E-state index contributed by atoms with van der Waals surface area (Å²) < 4.78 is 12.8. The minimum atomic E-state index is -0.245. The summed E-state index contributed by atoms with van der Waals surface area (Å²) >= 11 is 0. The van der Waals surface area contributed by atoms with E-state index < -0.39 is 0 Å². The van der Waals surface area contributed by atoms with Crippen LogP contribution in [0.3, 0.4) is 0 Å². The Hall–Kier alpha value is -1.22. The minimum Gasteiger partial charge on any atom is -0.298 e. The van der Waals surface area contributed by atoms with E-state index in [0.29, 0.717) is 13.0 Å². The molecule has 2 saturated carbocycles. The first-order valence-electron chi connectivity index (χ1n) is 7.67. The van der Waals surface area contributed by atoms with Gasteiger partial charge in [0.05, 0.1) is 6.54 Å². The summed E-state index contributed by atoms with van der Waals surface area (Å²) in [5.41, 5.74) is 0.911. The Morgan fingerprint density at radius 2 is 1.60 bits per heavy atom. The lowest BCUT2D eigenvalue weighted by Crippen LogP contribution is -2.34. The molecule has 1 aromatic rings. The molecule has 108 valence electrons. The molecule has 0 spiro atoms. The van der Waals surface area contributed by atoms with Gasteiger partial charge in [-0.2, -0.15) is 0 Å². The molecule has 2 aliphatic carbocycles. The highest BCUT2D eigenvalue weighted by molar-refractivity contribution is 5.82. The highest BCUT2D eigenvalue weighted by Gasteiger charge is 2.29. The van der Waals surface area contributed by atoms with Gasteiger partial charge in [-0.3, -0.25) is 9.69 Å². The number of hydrogen-bond donors (Lipinski definition) is 0. The molecule has 3 rings (SSSR count). The lowest BCUT2D eigenvalue weighted by Gasteiger charge is -2.21. The van der Waals surface area contributed by atoms with E-state index in [1.54, 1.807) is 12.1 Å². The Morgan fingerprint density at radius 3 is 2.10 bits per heavy atom. The summed E-state index contributed by atoms with van der Waals surface area (Å²) in [6.45, 7) is 2.74. The average molecular weight is 275 g/mol. The molecule has 0 atom stereocenters. The van der Waals surface area contributed by atoms with E-state index in [2.05, 4.69) is 4.90 Å². The third-order valence-corrected chi connectivity index (χ3v) is 4.14. The second kappa shape index (κ2) is 6.04. The van der Waals surface area contributed by atoms with Gasteiger partial charge in [0.2, 0.25) is 0 Å². The number of hydrogen-bond acceptors (Lipinski definition) is 2. The predicted octanol–water partition coefficient (Wildman–Crippen LogP) is 3.06. The van der Waals surface area contributed by atoms with Gasteiger partial charge in [-0.25, -0.2) is 4.39 Å². The molecule has 0 radical (unpaired) electrons. The number of ketones is 1. The molecule has 2 nitrogen and oxygen atoms in total.